The fraction of sp³-hybridized carbons (Fsp3) is 0.412. The van der Waals surface area contributed by atoms with Gasteiger partial charge in [0.25, 0.3) is 0 Å². The molecule has 0 atom stereocenters. The van der Waals surface area contributed by atoms with Gasteiger partial charge in [0.1, 0.15) is 17.3 Å². The van der Waals surface area contributed by atoms with E-state index in [4.69, 9.17) is 10.3 Å². The van der Waals surface area contributed by atoms with Crippen LogP contribution in [0, 0.1) is 5.82 Å². The van der Waals surface area contributed by atoms with Crippen molar-refractivity contribution in [3.8, 4) is 0 Å². The van der Waals surface area contributed by atoms with Gasteiger partial charge in [-0.1, -0.05) is 5.16 Å². The molecule has 0 bridgehead atoms. The predicted octanol–water partition coefficient (Wildman–Crippen LogP) is 2.57. The fourth-order valence-corrected chi connectivity index (χ4v) is 2.95. The van der Waals surface area contributed by atoms with E-state index in [0.717, 1.165) is 42.8 Å². The average molecular weight is 317 g/mol. The number of aromatic nitrogens is 1. The molecule has 23 heavy (non-hydrogen) atoms. The van der Waals surface area contributed by atoms with Gasteiger partial charge in [0.05, 0.1) is 6.54 Å². The summed E-state index contributed by atoms with van der Waals surface area (Å²) in [5, 5.41) is 4.20. The van der Waals surface area contributed by atoms with Crippen LogP contribution in [0.3, 0.4) is 0 Å². The largest absolute Gasteiger partial charge is 0.370 e. The monoisotopic (exact) mass is 317 g/mol. The van der Waals surface area contributed by atoms with Gasteiger partial charge < -0.3 is 15.2 Å². The standard InChI is InChI=1S/C17H20FN3O2/c18-12-5-7-13(8-6-12)21(10-9-17(19)22)11-15-14-3-1-2-4-16(14)23-20-15/h5-8H,1-4,9-11H2,(H2,19,22). The van der Waals surface area contributed by atoms with Gasteiger partial charge in [-0.2, -0.15) is 0 Å². The van der Waals surface area contributed by atoms with Gasteiger partial charge in [-0.05, 0) is 43.5 Å². The smallest absolute Gasteiger partial charge is 0.219 e. The van der Waals surface area contributed by atoms with E-state index in [1.54, 1.807) is 12.1 Å². The molecule has 0 fully saturated rings. The van der Waals surface area contributed by atoms with Gasteiger partial charge in [-0.25, -0.2) is 4.39 Å². The predicted molar refractivity (Wildman–Crippen MR) is 84.4 cm³/mol. The van der Waals surface area contributed by atoms with Gasteiger partial charge in [0, 0.05) is 30.6 Å². The first-order chi connectivity index (χ1) is 11.1. The summed E-state index contributed by atoms with van der Waals surface area (Å²) >= 11 is 0. The first kappa shape index (κ1) is 15.5. The van der Waals surface area contributed by atoms with Crippen molar-refractivity contribution in [1.29, 1.82) is 0 Å². The lowest BCUT2D eigenvalue weighted by Gasteiger charge is -2.24. The Morgan fingerprint density at radius 2 is 2.00 bits per heavy atom. The Morgan fingerprint density at radius 1 is 1.26 bits per heavy atom. The molecule has 0 saturated heterocycles. The van der Waals surface area contributed by atoms with Crippen LogP contribution in [0.5, 0.6) is 0 Å². The third-order valence-electron chi connectivity index (χ3n) is 4.19. The van der Waals surface area contributed by atoms with E-state index in [1.165, 1.54) is 17.7 Å². The number of anilines is 1. The van der Waals surface area contributed by atoms with Crippen molar-refractivity contribution in [1.82, 2.24) is 5.16 Å². The SMILES string of the molecule is NC(=O)CCN(Cc1noc2c1CCCC2)c1ccc(F)cc1. The number of nitrogens with two attached hydrogens (primary N) is 1. The number of amides is 1. The lowest BCUT2D eigenvalue weighted by atomic mass is 9.96. The number of aryl methyl sites for hydroxylation is 1. The van der Waals surface area contributed by atoms with Crippen LogP contribution in [-0.4, -0.2) is 17.6 Å². The fourth-order valence-electron chi connectivity index (χ4n) is 2.95. The second-order valence-corrected chi connectivity index (χ2v) is 5.85. The van der Waals surface area contributed by atoms with Gasteiger partial charge in [-0.3, -0.25) is 4.79 Å². The Labute approximate surface area is 134 Å². The van der Waals surface area contributed by atoms with Crippen molar-refractivity contribution in [2.45, 2.75) is 38.6 Å². The third-order valence-corrected chi connectivity index (χ3v) is 4.19. The van der Waals surface area contributed by atoms with E-state index in [1.807, 2.05) is 4.90 Å². The van der Waals surface area contributed by atoms with Crippen molar-refractivity contribution < 1.29 is 13.7 Å². The second kappa shape index (κ2) is 6.81. The second-order valence-electron chi connectivity index (χ2n) is 5.85. The quantitative estimate of drug-likeness (QED) is 0.889. The van der Waals surface area contributed by atoms with Gasteiger partial charge >= 0.3 is 0 Å². The highest BCUT2D eigenvalue weighted by molar-refractivity contribution is 5.74. The van der Waals surface area contributed by atoms with Crippen LogP contribution < -0.4 is 10.6 Å². The van der Waals surface area contributed by atoms with Crippen LogP contribution in [0.4, 0.5) is 10.1 Å². The van der Waals surface area contributed by atoms with Crippen molar-refractivity contribution in [2.75, 3.05) is 11.4 Å². The van der Waals surface area contributed by atoms with Crippen LogP contribution in [0.15, 0.2) is 28.8 Å². The molecule has 1 aliphatic carbocycles. The Bertz CT molecular complexity index is 682. The number of fused-ring (bicyclic) bond motifs is 1. The number of halogens is 1. The molecular formula is C17H20FN3O2. The summed E-state index contributed by atoms with van der Waals surface area (Å²) in [5.74, 6) is 0.321. The molecule has 1 heterocycles. The van der Waals surface area contributed by atoms with E-state index in [-0.39, 0.29) is 18.1 Å². The molecule has 5 nitrogen and oxygen atoms in total. The molecule has 3 rings (SSSR count). The molecule has 0 unspecified atom stereocenters. The highest BCUT2D eigenvalue weighted by Gasteiger charge is 2.21. The normalized spacial score (nSPS) is 13.6. The van der Waals surface area contributed by atoms with E-state index in [0.29, 0.717) is 13.1 Å². The maximum atomic E-state index is 13.1. The molecule has 0 radical (unpaired) electrons. The van der Waals surface area contributed by atoms with Gasteiger partial charge in [0.15, 0.2) is 0 Å². The molecule has 122 valence electrons. The number of primary amides is 1. The Kier molecular flexibility index (Phi) is 4.60. The van der Waals surface area contributed by atoms with Crippen LogP contribution in [0.2, 0.25) is 0 Å². The molecule has 1 aromatic heterocycles. The molecule has 1 aromatic carbocycles. The van der Waals surface area contributed by atoms with E-state index in [2.05, 4.69) is 5.16 Å². The van der Waals surface area contributed by atoms with Gasteiger partial charge in [0.2, 0.25) is 5.91 Å². The number of rotatable bonds is 6. The van der Waals surface area contributed by atoms with E-state index in [9.17, 15) is 9.18 Å². The topological polar surface area (TPSA) is 72.4 Å². The summed E-state index contributed by atoms with van der Waals surface area (Å²) in [6, 6.07) is 6.21. The number of carbonyl (C=O) groups is 1. The minimum Gasteiger partial charge on any atom is -0.370 e. The van der Waals surface area contributed by atoms with E-state index >= 15 is 0 Å². The zero-order chi connectivity index (χ0) is 16.2. The molecule has 0 saturated carbocycles. The number of benzene rings is 1. The number of hydrogen-bond acceptors (Lipinski definition) is 4. The van der Waals surface area contributed by atoms with Crippen LogP contribution >= 0.6 is 0 Å². The summed E-state index contributed by atoms with van der Waals surface area (Å²) in [5.41, 5.74) is 8.18. The molecule has 2 aromatic rings. The van der Waals surface area contributed by atoms with Crippen LogP contribution in [-0.2, 0) is 24.2 Å². The molecular weight excluding hydrogens is 297 g/mol. The lowest BCUT2D eigenvalue weighted by molar-refractivity contribution is -0.117. The minimum atomic E-state index is -0.362. The molecule has 0 aliphatic heterocycles. The summed E-state index contributed by atoms with van der Waals surface area (Å²) in [6.45, 7) is 0.986. The zero-order valence-electron chi connectivity index (χ0n) is 12.9. The highest BCUT2D eigenvalue weighted by Crippen LogP contribution is 2.26. The van der Waals surface area contributed by atoms with Crippen LogP contribution in [0.25, 0.3) is 0 Å². The molecule has 6 heteroatoms. The maximum absolute atomic E-state index is 13.1. The minimum absolute atomic E-state index is 0.234. The number of nitrogens with zero attached hydrogens (tertiary/aromatic N) is 2. The van der Waals surface area contributed by atoms with Gasteiger partial charge in [-0.15, -0.1) is 0 Å². The van der Waals surface area contributed by atoms with Crippen molar-refractivity contribution in [3.63, 3.8) is 0 Å². The molecule has 0 spiro atoms. The molecule has 2 N–H and O–H groups in total. The third kappa shape index (κ3) is 3.70. The van der Waals surface area contributed by atoms with Crippen molar-refractivity contribution in [2.24, 2.45) is 5.73 Å². The summed E-state index contributed by atoms with van der Waals surface area (Å²) < 4.78 is 18.6. The number of hydrogen-bond donors (Lipinski definition) is 1. The maximum Gasteiger partial charge on any atom is 0.219 e. The first-order valence-corrected chi connectivity index (χ1v) is 7.88. The first-order valence-electron chi connectivity index (χ1n) is 7.88. The zero-order valence-corrected chi connectivity index (χ0v) is 12.9. The average Bonchev–Trinajstić information content (AvgIpc) is 2.95. The molecule has 1 amide bonds. The number of carbonyl (C=O) groups excluding carboxylic acids is 1. The van der Waals surface area contributed by atoms with Crippen LogP contribution in [0.1, 0.15) is 36.3 Å². The Hall–Kier alpha value is -2.37. The van der Waals surface area contributed by atoms with Crippen molar-refractivity contribution in [3.05, 3.63) is 47.1 Å². The Morgan fingerprint density at radius 3 is 2.74 bits per heavy atom. The Balaban J connectivity index is 1.81. The van der Waals surface area contributed by atoms with E-state index < -0.39 is 0 Å². The lowest BCUT2D eigenvalue weighted by Crippen LogP contribution is -2.28. The highest BCUT2D eigenvalue weighted by atomic mass is 19.1. The summed E-state index contributed by atoms with van der Waals surface area (Å²) in [6.07, 6.45) is 4.41. The molecule has 1 aliphatic rings. The summed E-state index contributed by atoms with van der Waals surface area (Å²) in [7, 11) is 0. The van der Waals surface area contributed by atoms with Crippen molar-refractivity contribution >= 4 is 11.6 Å². The summed E-state index contributed by atoms with van der Waals surface area (Å²) in [4.78, 5) is 13.1.